The van der Waals surface area contributed by atoms with Crippen LogP contribution >= 0.6 is 39.7 Å². The lowest BCUT2D eigenvalue weighted by Gasteiger charge is -2.11. The molecule has 2 aromatic carbocycles. The zero-order valence-electron chi connectivity index (χ0n) is 10.6. The molecule has 2 aromatic rings. The van der Waals surface area contributed by atoms with E-state index >= 15 is 0 Å². The van der Waals surface area contributed by atoms with Crippen molar-refractivity contribution in [1.29, 1.82) is 0 Å². The Morgan fingerprint density at radius 2 is 1.86 bits per heavy atom. The van der Waals surface area contributed by atoms with Crippen molar-refractivity contribution in [3.8, 4) is 0 Å². The van der Waals surface area contributed by atoms with E-state index in [2.05, 4.69) is 26.6 Å². The quantitative estimate of drug-likeness (QED) is 0.730. The summed E-state index contributed by atoms with van der Waals surface area (Å²) in [6, 6.07) is 8.93. The average Bonchev–Trinajstić information content (AvgIpc) is 2.44. The summed E-state index contributed by atoms with van der Waals surface area (Å²) in [6.07, 6.45) is 0. The molecule has 2 rings (SSSR count). The van der Waals surface area contributed by atoms with Crippen molar-refractivity contribution in [3.05, 3.63) is 63.1 Å². The summed E-state index contributed by atoms with van der Waals surface area (Å²) in [6.45, 7) is 0.430. The molecular formula is C14H10BrClF2N2S. The summed E-state index contributed by atoms with van der Waals surface area (Å²) in [4.78, 5) is 0. The average molecular weight is 392 g/mol. The lowest BCUT2D eigenvalue weighted by molar-refractivity contribution is 0.620. The van der Waals surface area contributed by atoms with Gasteiger partial charge in [-0.3, -0.25) is 0 Å². The van der Waals surface area contributed by atoms with E-state index in [0.29, 0.717) is 21.8 Å². The van der Waals surface area contributed by atoms with E-state index in [1.54, 1.807) is 12.1 Å². The number of halogens is 4. The second-order valence-corrected chi connectivity index (χ2v) is 5.85. The third kappa shape index (κ3) is 4.62. The minimum absolute atomic E-state index is 0.0188. The third-order valence-corrected chi connectivity index (χ3v) is 3.76. The van der Waals surface area contributed by atoms with Crippen molar-refractivity contribution >= 4 is 50.5 Å². The molecule has 0 aromatic heterocycles. The Bertz CT molecular complexity index is 682. The fourth-order valence-corrected chi connectivity index (χ4v) is 2.38. The number of hydrogen-bond donors (Lipinski definition) is 2. The SMILES string of the molecule is Fc1ccc(NC(=S)NCc2ccc(F)c(Br)c2)cc1Cl. The second-order valence-electron chi connectivity index (χ2n) is 4.19. The molecule has 0 fully saturated rings. The Hall–Kier alpha value is -1.24. The maximum atomic E-state index is 13.1. The van der Waals surface area contributed by atoms with E-state index in [1.165, 1.54) is 24.3 Å². The molecule has 7 heteroatoms. The maximum Gasteiger partial charge on any atom is 0.171 e. The van der Waals surface area contributed by atoms with Gasteiger partial charge in [-0.2, -0.15) is 0 Å². The summed E-state index contributed by atoms with van der Waals surface area (Å²) in [5.41, 5.74) is 1.45. The van der Waals surface area contributed by atoms with Crippen molar-refractivity contribution in [2.45, 2.75) is 6.54 Å². The van der Waals surface area contributed by atoms with Crippen LogP contribution in [0.5, 0.6) is 0 Å². The van der Waals surface area contributed by atoms with E-state index in [-0.39, 0.29) is 10.8 Å². The van der Waals surface area contributed by atoms with Crippen LogP contribution in [-0.2, 0) is 6.54 Å². The molecule has 2 N–H and O–H groups in total. The smallest absolute Gasteiger partial charge is 0.171 e. The summed E-state index contributed by atoms with van der Waals surface area (Å²) in [7, 11) is 0. The normalized spacial score (nSPS) is 10.3. The summed E-state index contributed by atoms with van der Waals surface area (Å²) in [5.74, 6) is -0.808. The Labute approximate surface area is 139 Å². The van der Waals surface area contributed by atoms with Crippen molar-refractivity contribution in [2.75, 3.05) is 5.32 Å². The molecule has 0 aliphatic heterocycles. The first-order valence-electron chi connectivity index (χ1n) is 5.89. The number of nitrogens with one attached hydrogen (secondary N) is 2. The van der Waals surface area contributed by atoms with Gasteiger partial charge in [0.1, 0.15) is 11.6 Å². The Morgan fingerprint density at radius 1 is 1.14 bits per heavy atom. The van der Waals surface area contributed by atoms with Gasteiger partial charge in [0.05, 0.1) is 9.50 Å². The van der Waals surface area contributed by atoms with Crippen molar-refractivity contribution in [1.82, 2.24) is 5.32 Å². The molecule has 0 saturated carbocycles. The van der Waals surface area contributed by atoms with Crippen LogP contribution in [0.4, 0.5) is 14.5 Å². The lowest BCUT2D eigenvalue weighted by atomic mass is 10.2. The minimum atomic E-state index is -0.489. The monoisotopic (exact) mass is 390 g/mol. The van der Waals surface area contributed by atoms with E-state index in [0.717, 1.165) is 5.56 Å². The van der Waals surface area contributed by atoms with Crippen LogP contribution in [0.2, 0.25) is 5.02 Å². The topological polar surface area (TPSA) is 24.1 Å². The van der Waals surface area contributed by atoms with Gasteiger partial charge in [0, 0.05) is 12.2 Å². The molecule has 0 radical (unpaired) electrons. The van der Waals surface area contributed by atoms with Crippen LogP contribution in [-0.4, -0.2) is 5.11 Å². The predicted molar refractivity (Wildman–Crippen MR) is 88.6 cm³/mol. The molecule has 2 nitrogen and oxygen atoms in total. The van der Waals surface area contributed by atoms with E-state index in [9.17, 15) is 8.78 Å². The van der Waals surface area contributed by atoms with Gasteiger partial charge in [-0.25, -0.2) is 8.78 Å². The highest BCUT2D eigenvalue weighted by Gasteiger charge is 2.04. The Morgan fingerprint density at radius 3 is 2.52 bits per heavy atom. The van der Waals surface area contributed by atoms with Crippen molar-refractivity contribution in [2.24, 2.45) is 0 Å². The Balaban J connectivity index is 1.92. The molecule has 0 aliphatic rings. The molecule has 110 valence electrons. The second kappa shape index (κ2) is 7.15. The summed E-state index contributed by atoms with van der Waals surface area (Å²) >= 11 is 13.9. The van der Waals surface area contributed by atoms with Gasteiger partial charge < -0.3 is 10.6 Å². The van der Waals surface area contributed by atoms with Crippen LogP contribution in [0, 0.1) is 11.6 Å². The lowest BCUT2D eigenvalue weighted by Crippen LogP contribution is -2.27. The first-order valence-corrected chi connectivity index (χ1v) is 7.47. The molecule has 0 spiro atoms. The Kier molecular flexibility index (Phi) is 5.50. The number of anilines is 1. The highest BCUT2D eigenvalue weighted by atomic mass is 79.9. The molecular weight excluding hydrogens is 382 g/mol. The molecule has 0 amide bonds. The molecule has 0 saturated heterocycles. The zero-order chi connectivity index (χ0) is 15.4. The largest absolute Gasteiger partial charge is 0.358 e. The van der Waals surface area contributed by atoms with Crippen molar-refractivity contribution < 1.29 is 8.78 Å². The standard InChI is InChI=1S/C14H10BrClF2N2S/c15-10-5-8(1-3-12(10)17)7-19-14(21)20-9-2-4-13(18)11(16)6-9/h1-6H,7H2,(H2,19,20,21). The third-order valence-electron chi connectivity index (χ3n) is 2.61. The summed E-state index contributed by atoms with van der Waals surface area (Å²) < 4.78 is 26.5. The number of rotatable bonds is 3. The van der Waals surface area contributed by atoms with E-state index in [1.807, 2.05) is 0 Å². The fourth-order valence-electron chi connectivity index (χ4n) is 1.58. The molecule has 0 unspecified atom stereocenters. The van der Waals surface area contributed by atoms with Crippen LogP contribution < -0.4 is 10.6 Å². The van der Waals surface area contributed by atoms with Crippen LogP contribution in [0.1, 0.15) is 5.56 Å². The highest BCUT2D eigenvalue weighted by molar-refractivity contribution is 9.10. The fraction of sp³-hybridized carbons (Fsp3) is 0.0714. The van der Waals surface area contributed by atoms with Gasteiger partial charge in [-0.05, 0) is 64.0 Å². The van der Waals surface area contributed by atoms with Crippen LogP contribution in [0.3, 0.4) is 0 Å². The first kappa shape index (κ1) is 16.1. The van der Waals surface area contributed by atoms with Gasteiger partial charge in [0.2, 0.25) is 0 Å². The molecule has 0 aliphatic carbocycles. The minimum Gasteiger partial charge on any atom is -0.358 e. The maximum absolute atomic E-state index is 13.1. The highest BCUT2D eigenvalue weighted by Crippen LogP contribution is 2.19. The summed E-state index contributed by atoms with van der Waals surface area (Å²) in [5, 5.41) is 6.24. The molecule has 0 heterocycles. The zero-order valence-corrected chi connectivity index (χ0v) is 13.7. The number of benzene rings is 2. The van der Waals surface area contributed by atoms with Crippen LogP contribution in [0.15, 0.2) is 40.9 Å². The van der Waals surface area contributed by atoms with E-state index in [4.69, 9.17) is 23.8 Å². The molecule has 0 bridgehead atoms. The van der Waals surface area contributed by atoms with Gasteiger partial charge >= 0.3 is 0 Å². The predicted octanol–water partition coefficient (Wildman–Crippen LogP) is 4.87. The van der Waals surface area contributed by atoms with Gasteiger partial charge in [0.15, 0.2) is 5.11 Å². The molecule has 0 atom stereocenters. The number of thiocarbonyl (C=S) groups is 1. The van der Waals surface area contributed by atoms with Gasteiger partial charge in [-0.1, -0.05) is 17.7 Å². The molecule has 21 heavy (non-hydrogen) atoms. The first-order chi connectivity index (χ1) is 9.95. The number of hydrogen-bond acceptors (Lipinski definition) is 1. The van der Waals surface area contributed by atoms with Gasteiger partial charge in [-0.15, -0.1) is 0 Å². The van der Waals surface area contributed by atoms with Gasteiger partial charge in [0.25, 0.3) is 0 Å². The van der Waals surface area contributed by atoms with E-state index < -0.39 is 5.82 Å². The van der Waals surface area contributed by atoms with Crippen LogP contribution in [0.25, 0.3) is 0 Å². The van der Waals surface area contributed by atoms with Crippen molar-refractivity contribution in [3.63, 3.8) is 0 Å².